The molecule has 0 aromatic carbocycles. The molecule has 5 atom stereocenters. The molecule has 9 nitrogen and oxygen atoms in total. The van der Waals surface area contributed by atoms with Gasteiger partial charge in [-0.25, -0.2) is 0 Å². The van der Waals surface area contributed by atoms with Gasteiger partial charge in [-0.15, -0.1) is 0 Å². The minimum Gasteiger partial charge on any atom is -0.468 e. The van der Waals surface area contributed by atoms with E-state index in [1.165, 1.54) is 7.11 Å². The molecule has 0 fully saturated rings. The summed E-state index contributed by atoms with van der Waals surface area (Å²) in [4.78, 5) is 69.6. The standard InChI is InChI=1S/C36H40N4O5/c1-9-21-16(3)23-14-28-29(20(7)42)18(5)25(38-28)12-24-17(4)22(11-10-15(2)41)33(39-24)31-32(36(44)45-8)35(43)30-19(6)26(40-34(30)31)13-27(21)37-23/h12-14,16-17,21-22,32,38,40H,9-11H2,1-8H3/t16-,17+,21-,22+,32?/m1/s1. The summed E-state index contributed by atoms with van der Waals surface area (Å²) in [5.74, 6) is -2.19. The number of aromatic nitrogens is 4. The van der Waals surface area contributed by atoms with Crippen LogP contribution >= 0.6 is 0 Å². The highest BCUT2D eigenvalue weighted by Gasteiger charge is 2.45. The first-order valence-electron chi connectivity index (χ1n) is 15.8. The first-order valence-corrected chi connectivity index (χ1v) is 15.8. The van der Waals surface area contributed by atoms with Crippen LogP contribution in [-0.4, -0.2) is 50.4 Å². The van der Waals surface area contributed by atoms with Gasteiger partial charge < -0.3 is 19.5 Å². The zero-order chi connectivity index (χ0) is 32.5. The third kappa shape index (κ3) is 4.75. The van der Waals surface area contributed by atoms with E-state index in [1.807, 2.05) is 32.0 Å². The predicted molar refractivity (Wildman–Crippen MR) is 172 cm³/mol. The van der Waals surface area contributed by atoms with Crippen molar-refractivity contribution in [3.05, 3.63) is 68.8 Å². The van der Waals surface area contributed by atoms with Crippen molar-refractivity contribution in [1.29, 1.82) is 0 Å². The lowest BCUT2D eigenvalue weighted by atomic mass is 9.83. The lowest BCUT2D eigenvalue weighted by Gasteiger charge is -2.18. The molecule has 0 saturated heterocycles. The fraction of sp³-hybridized carbons (Fsp3) is 0.444. The Hall–Kier alpha value is -4.40. The van der Waals surface area contributed by atoms with E-state index in [1.54, 1.807) is 13.8 Å². The van der Waals surface area contributed by atoms with Gasteiger partial charge in [0.25, 0.3) is 0 Å². The summed E-state index contributed by atoms with van der Waals surface area (Å²) < 4.78 is 5.17. The number of methoxy groups -OCH3 is 1. The van der Waals surface area contributed by atoms with Crippen LogP contribution in [0.5, 0.6) is 0 Å². The van der Waals surface area contributed by atoms with Crippen LogP contribution in [0, 0.1) is 13.8 Å². The Labute approximate surface area is 262 Å². The molecule has 5 heterocycles. The highest BCUT2D eigenvalue weighted by molar-refractivity contribution is 6.23. The van der Waals surface area contributed by atoms with Crippen LogP contribution in [-0.2, 0) is 14.3 Å². The summed E-state index contributed by atoms with van der Waals surface area (Å²) in [6, 6.07) is 5.96. The van der Waals surface area contributed by atoms with Gasteiger partial charge in [0, 0.05) is 74.9 Å². The SMILES string of the molecule is CC[C@H]1c2cc3[nH]c4c(c3C)C(=O)C(C(=O)OC)c4c3nc(cc4[nH]c(cc(n2)[C@@H]1C)c(C(C)=O)c4C)[C@@H](C)[C@@H]3CCC(C)=O. The number of ether oxygens (including phenoxy) is 1. The van der Waals surface area contributed by atoms with E-state index in [-0.39, 0.29) is 41.0 Å². The molecule has 0 spiro atoms. The molecule has 2 N–H and O–H groups in total. The molecule has 3 aromatic heterocycles. The van der Waals surface area contributed by atoms with Crippen LogP contribution < -0.4 is 0 Å². The van der Waals surface area contributed by atoms with E-state index in [4.69, 9.17) is 14.7 Å². The monoisotopic (exact) mass is 608 g/mol. The number of H-pyrrole nitrogens is 2. The summed E-state index contributed by atoms with van der Waals surface area (Å²) in [5.41, 5.74) is 9.14. The number of nitrogens with zero attached hydrogens (tertiary/aromatic N) is 2. The number of esters is 1. The Balaban J connectivity index is 1.81. The normalized spacial score (nSPS) is 22.1. The molecule has 1 aliphatic carbocycles. The Kier molecular flexibility index (Phi) is 7.62. The summed E-state index contributed by atoms with van der Waals surface area (Å²) in [6.07, 6.45) is 1.71. The first-order chi connectivity index (χ1) is 21.4. The maximum absolute atomic E-state index is 14.1. The fourth-order valence-electron chi connectivity index (χ4n) is 7.69. The Morgan fingerprint density at radius 2 is 1.49 bits per heavy atom. The minimum absolute atomic E-state index is 0.0441. The van der Waals surface area contributed by atoms with Crippen molar-refractivity contribution in [3.63, 3.8) is 0 Å². The number of rotatable bonds is 6. The van der Waals surface area contributed by atoms with Crippen molar-refractivity contribution < 1.29 is 23.9 Å². The second kappa shape index (κ2) is 11.2. The summed E-state index contributed by atoms with van der Waals surface area (Å²) in [6.45, 7) is 13.3. The third-order valence-corrected chi connectivity index (χ3v) is 10.2. The topological polar surface area (TPSA) is 135 Å². The molecule has 8 bridgehead atoms. The van der Waals surface area contributed by atoms with Gasteiger partial charge in [-0.3, -0.25) is 24.4 Å². The predicted octanol–water partition coefficient (Wildman–Crippen LogP) is 7.14. The number of hydrogen-bond acceptors (Lipinski definition) is 7. The van der Waals surface area contributed by atoms with Crippen molar-refractivity contribution in [2.75, 3.05) is 7.11 Å². The van der Waals surface area contributed by atoms with E-state index < -0.39 is 11.9 Å². The molecular weight excluding hydrogens is 568 g/mol. The molecule has 0 radical (unpaired) electrons. The van der Waals surface area contributed by atoms with E-state index in [2.05, 4.69) is 30.7 Å². The van der Waals surface area contributed by atoms with Crippen molar-refractivity contribution in [1.82, 2.24) is 19.9 Å². The average Bonchev–Trinajstić information content (AvgIpc) is 3.72. The number of aryl methyl sites for hydroxylation is 2. The van der Waals surface area contributed by atoms with E-state index in [0.29, 0.717) is 46.3 Å². The lowest BCUT2D eigenvalue weighted by Crippen LogP contribution is -2.21. The number of nitrogens with one attached hydrogen (secondary N) is 2. The van der Waals surface area contributed by atoms with Crippen LogP contribution in [0.3, 0.4) is 0 Å². The lowest BCUT2D eigenvalue weighted by molar-refractivity contribution is -0.141. The molecule has 9 heteroatoms. The molecular formula is C36H40N4O5. The zero-order valence-corrected chi connectivity index (χ0v) is 27.2. The largest absolute Gasteiger partial charge is 0.468 e. The summed E-state index contributed by atoms with van der Waals surface area (Å²) >= 11 is 0. The Bertz CT molecular complexity index is 1970. The Morgan fingerprint density at radius 3 is 2.13 bits per heavy atom. The molecule has 3 aliphatic rings. The van der Waals surface area contributed by atoms with Gasteiger partial charge in [0.15, 0.2) is 11.6 Å². The molecule has 0 saturated carbocycles. The van der Waals surface area contributed by atoms with Crippen molar-refractivity contribution in [3.8, 4) is 0 Å². The number of ketones is 3. The summed E-state index contributed by atoms with van der Waals surface area (Å²) in [5, 5.41) is 0. The number of fused-ring (bicyclic) bond motifs is 8. The van der Waals surface area contributed by atoms with Gasteiger partial charge in [-0.2, -0.15) is 0 Å². The van der Waals surface area contributed by atoms with Crippen LogP contribution in [0.2, 0.25) is 0 Å². The second-order valence-corrected chi connectivity index (χ2v) is 12.9. The van der Waals surface area contributed by atoms with E-state index >= 15 is 0 Å². The quantitative estimate of drug-likeness (QED) is 0.172. The maximum Gasteiger partial charge on any atom is 0.321 e. The van der Waals surface area contributed by atoms with Crippen molar-refractivity contribution in [2.24, 2.45) is 0 Å². The number of carbonyl (C=O) groups excluding carboxylic acids is 4. The van der Waals surface area contributed by atoms with Gasteiger partial charge in [-0.1, -0.05) is 20.8 Å². The van der Waals surface area contributed by atoms with Crippen molar-refractivity contribution >= 4 is 45.4 Å². The molecule has 2 aliphatic heterocycles. The highest BCUT2D eigenvalue weighted by atomic mass is 16.5. The number of carbonyl (C=O) groups is 4. The molecule has 0 amide bonds. The smallest absolute Gasteiger partial charge is 0.321 e. The number of hydrogen-bond donors (Lipinski definition) is 2. The van der Waals surface area contributed by atoms with Gasteiger partial charge in [0.05, 0.1) is 23.8 Å². The molecule has 234 valence electrons. The van der Waals surface area contributed by atoms with Gasteiger partial charge in [-0.05, 0) is 69.9 Å². The second-order valence-electron chi connectivity index (χ2n) is 12.9. The molecule has 45 heavy (non-hydrogen) atoms. The number of aromatic amines is 2. The van der Waals surface area contributed by atoms with Crippen LogP contribution in [0.15, 0.2) is 18.2 Å². The van der Waals surface area contributed by atoms with E-state index in [9.17, 15) is 19.2 Å². The Morgan fingerprint density at radius 1 is 0.867 bits per heavy atom. The minimum atomic E-state index is -1.15. The van der Waals surface area contributed by atoms with Gasteiger partial charge in [0.1, 0.15) is 11.7 Å². The van der Waals surface area contributed by atoms with Crippen LogP contribution in [0.1, 0.15) is 144 Å². The van der Waals surface area contributed by atoms with Gasteiger partial charge in [0.2, 0.25) is 0 Å². The highest BCUT2D eigenvalue weighted by Crippen LogP contribution is 2.48. The summed E-state index contributed by atoms with van der Waals surface area (Å²) in [7, 11) is 1.29. The number of Topliss-reactive ketones (excluding diaryl/α,β-unsaturated/α-hetero) is 3. The zero-order valence-electron chi connectivity index (χ0n) is 27.2. The van der Waals surface area contributed by atoms with Crippen LogP contribution in [0.4, 0.5) is 0 Å². The van der Waals surface area contributed by atoms with Crippen LogP contribution in [0.25, 0.3) is 22.1 Å². The third-order valence-electron chi connectivity index (χ3n) is 10.2. The molecule has 6 rings (SSSR count). The molecule has 3 aromatic rings. The molecule has 1 unspecified atom stereocenters. The average molecular weight is 609 g/mol. The maximum atomic E-state index is 14.1. The van der Waals surface area contributed by atoms with E-state index in [0.717, 1.165) is 45.7 Å². The fourth-order valence-corrected chi connectivity index (χ4v) is 7.69. The van der Waals surface area contributed by atoms with Crippen molar-refractivity contribution in [2.45, 2.75) is 97.3 Å². The first kappa shape index (κ1) is 30.6. The van der Waals surface area contributed by atoms with Gasteiger partial charge >= 0.3 is 5.97 Å².